The van der Waals surface area contributed by atoms with Gasteiger partial charge in [-0.2, -0.15) is 0 Å². The second-order valence-corrected chi connectivity index (χ2v) is 5.01. The molecule has 0 radical (unpaired) electrons. The molecule has 0 saturated carbocycles. The Morgan fingerprint density at radius 2 is 1.95 bits per heavy atom. The van der Waals surface area contributed by atoms with Crippen molar-refractivity contribution in [2.24, 2.45) is 0 Å². The summed E-state index contributed by atoms with van der Waals surface area (Å²) in [5.41, 5.74) is 1.04. The van der Waals surface area contributed by atoms with Crippen molar-refractivity contribution in [1.29, 1.82) is 0 Å². The molecular weight excluding hydrogens is 293 g/mol. The third kappa shape index (κ3) is 4.46. The van der Waals surface area contributed by atoms with Crippen molar-refractivity contribution in [2.75, 3.05) is 13.7 Å². The Morgan fingerprint density at radius 1 is 1.24 bits per heavy atom. The van der Waals surface area contributed by atoms with E-state index in [0.717, 1.165) is 11.6 Å². The number of hydrogen-bond donors (Lipinski definition) is 0. The standard InChI is InChI=1S/C16H15ClFNO2/c1-19(10-12-5-3-2-4-6-12)16(20)11-21-15-8-7-13(18)9-14(15)17/h2-9H,10-11H2,1H3. The molecule has 2 aromatic carbocycles. The molecule has 0 atom stereocenters. The Labute approximate surface area is 127 Å². The van der Waals surface area contributed by atoms with Crippen LogP contribution in [0.5, 0.6) is 5.75 Å². The molecule has 0 aliphatic heterocycles. The number of rotatable bonds is 5. The number of amides is 1. The van der Waals surface area contributed by atoms with Gasteiger partial charge in [-0.05, 0) is 23.8 Å². The van der Waals surface area contributed by atoms with Crippen LogP contribution in [0.3, 0.4) is 0 Å². The molecule has 0 N–H and O–H groups in total. The van der Waals surface area contributed by atoms with Crippen molar-refractivity contribution in [1.82, 2.24) is 4.90 Å². The molecule has 0 aromatic heterocycles. The highest BCUT2D eigenvalue weighted by Crippen LogP contribution is 2.24. The van der Waals surface area contributed by atoms with Gasteiger partial charge in [0.05, 0.1) is 5.02 Å². The second kappa shape index (κ2) is 7.09. The summed E-state index contributed by atoms with van der Waals surface area (Å²) in [4.78, 5) is 13.5. The van der Waals surface area contributed by atoms with Crippen LogP contribution in [-0.4, -0.2) is 24.5 Å². The second-order valence-electron chi connectivity index (χ2n) is 4.60. The number of carbonyl (C=O) groups is 1. The van der Waals surface area contributed by atoms with Gasteiger partial charge < -0.3 is 9.64 Å². The average molecular weight is 308 g/mol. The van der Waals surface area contributed by atoms with E-state index >= 15 is 0 Å². The molecule has 0 spiro atoms. The maximum atomic E-state index is 12.9. The van der Waals surface area contributed by atoms with Gasteiger partial charge in [0.1, 0.15) is 11.6 Å². The van der Waals surface area contributed by atoms with Gasteiger partial charge in [0.2, 0.25) is 0 Å². The van der Waals surface area contributed by atoms with E-state index in [4.69, 9.17) is 16.3 Å². The normalized spacial score (nSPS) is 10.2. The number of hydrogen-bond acceptors (Lipinski definition) is 2. The quantitative estimate of drug-likeness (QED) is 0.846. The first-order valence-electron chi connectivity index (χ1n) is 6.42. The molecule has 0 bridgehead atoms. The number of halogens is 2. The largest absolute Gasteiger partial charge is 0.482 e. The van der Waals surface area contributed by atoms with E-state index in [9.17, 15) is 9.18 Å². The van der Waals surface area contributed by atoms with Gasteiger partial charge in [-0.1, -0.05) is 41.9 Å². The molecule has 0 saturated heterocycles. The summed E-state index contributed by atoms with van der Waals surface area (Å²) in [6.07, 6.45) is 0. The SMILES string of the molecule is CN(Cc1ccccc1)C(=O)COc1ccc(F)cc1Cl. The lowest BCUT2D eigenvalue weighted by Crippen LogP contribution is -2.30. The van der Waals surface area contributed by atoms with Gasteiger partial charge in [-0.25, -0.2) is 4.39 Å². The number of nitrogens with zero attached hydrogens (tertiary/aromatic N) is 1. The van der Waals surface area contributed by atoms with E-state index in [1.54, 1.807) is 11.9 Å². The predicted molar refractivity (Wildman–Crippen MR) is 79.8 cm³/mol. The fourth-order valence-electron chi connectivity index (χ4n) is 1.79. The van der Waals surface area contributed by atoms with E-state index < -0.39 is 5.82 Å². The highest BCUT2D eigenvalue weighted by atomic mass is 35.5. The maximum absolute atomic E-state index is 12.9. The highest BCUT2D eigenvalue weighted by Gasteiger charge is 2.11. The first-order chi connectivity index (χ1) is 10.1. The highest BCUT2D eigenvalue weighted by molar-refractivity contribution is 6.32. The van der Waals surface area contributed by atoms with Crippen LogP contribution in [0.15, 0.2) is 48.5 Å². The molecular formula is C16H15ClFNO2. The van der Waals surface area contributed by atoms with Crippen LogP contribution in [-0.2, 0) is 11.3 Å². The number of benzene rings is 2. The number of ether oxygens (including phenoxy) is 1. The lowest BCUT2D eigenvalue weighted by Gasteiger charge is -2.17. The van der Waals surface area contributed by atoms with Crippen molar-refractivity contribution in [3.63, 3.8) is 0 Å². The van der Waals surface area contributed by atoms with Crippen LogP contribution in [0.4, 0.5) is 4.39 Å². The van der Waals surface area contributed by atoms with Gasteiger partial charge in [0.15, 0.2) is 6.61 Å². The Hall–Kier alpha value is -2.07. The topological polar surface area (TPSA) is 29.5 Å². The lowest BCUT2D eigenvalue weighted by molar-refractivity contribution is -0.132. The van der Waals surface area contributed by atoms with Crippen LogP contribution < -0.4 is 4.74 Å². The van der Waals surface area contributed by atoms with Crippen LogP contribution in [0.2, 0.25) is 5.02 Å². The van der Waals surface area contributed by atoms with Crippen LogP contribution >= 0.6 is 11.6 Å². The Balaban J connectivity index is 1.89. The van der Waals surface area contributed by atoms with Crippen molar-refractivity contribution >= 4 is 17.5 Å². The van der Waals surface area contributed by atoms with Gasteiger partial charge in [0.25, 0.3) is 5.91 Å². The van der Waals surface area contributed by atoms with Gasteiger partial charge in [0, 0.05) is 13.6 Å². The van der Waals surface area contributed by atoms with E-state index in [0.29, 0.717) is 12.3 Å². The summed E-state index contributed by atoms with van der Waals surface area (Å²) in [6.45, 7) is 0.356. The smallest absolute Gasteiger partial charge is 0.260 e. The zero-order chi connectivity index (χ0) is 15.2. The number of carbonyl (C=O) groups excluding carboxylic acids is 1. The minimum Gasteiger partial charge on any atom is -0.482 e. The van der Waals surface area contributed by atoms with Crippen molar-refractivity contribution < 1.29 is 13.9 Å². The molecule has 3 nitrogen and oxygen atoms in total. The van der Waals surface area contributed by atoms with Crippen LogP contribution in [0.1, 0.15) is 5.56 Å². The first-order valence-corrected chi connectivity index (χ1v) is 6.80. The molecule has 0 aliphatic carbocycles. The monoisotopic (exact) mass is 307 g/mol. The minimum absolute atomic E-state index is 0.144. The number of likely N-dealkylation sites (N-methyl/N-ethyl adjacent to an activating group) is 1. The van der Waals surface area contributed by atoms with E-state index in [2.05, 4.69) is 0 Å². The van der Waals surface area contributed by atoms with Crippen molar-refractivity contribution in [3.8, 4) is 5.75 Å². The molecule has 0 fully saturated rings. The molecule has 0 aliphatic rings. The summed E-state index contributed by atoms with van der Waals surface area (Å²) in [5, 5.41) is 0.147. The molecule has 110 valence electrons. The summed E-state index contributed by atoms with van der Waals surface area (Å²) >= 11 is 5.83. The van der Waals surface area contributed by atoms with Crippen molar-refractivity contribution in [3.05, 3.63) is 64.9 Å². The van der Waals surface area contributed by atoms with Gasteiger partial charge in [-0.3, -0.25) is 4.79 Å². The molecule has 21 heavy (non-hydrogen) atoms. The fraction of sp³-hybridized carbons (Fsp3) is 0.188. The zero-order valence-corrected chi connectivity index (χ0v) is 12.3. The minimum atomic E-state index is -0.445. The Kier molecular flexibility index (Phi) is 5.17. The molecule has 5 heteroatoms. The van der Waals surface area contributed by atoms with E-state index in [1.807, 2.05) is 30.3 Å². The molecule has 0 unspecified atom stereocenters. The molecule has 2 rings (SSSR count). The van der Waals surface area contributed by atoms with E-state index in [1.165, 1.54) is 12.1 Å². The summed E-state index contributed by atoms with van der Waals surface area (Å²) < 4.78 is 18.2. The lowest BCUT2D eigenvalue weighted by atomic mass is 10.2. The van der Waals surface area contributed by atoms with Gasteiger partial charge in [-0.15, -0.1) is 0 Å². The molecule has 0 heterocycles. The van der Waals surface area contributed by atoms with Gasteiger partial charge >= 0.3 is 0 Å². The molecule has 2 aromatic rings. The van der Waals surface area contributed by atoms with Crippen LogP contribution in [0, 0.1) is 5.82 Å². The van der Waals surface area contributed by atoms with Crippen LogP contribution in [0.25, 0.3) is 0 Å². The predicted octanol–water partition coefficient (Wildman–Crippen LogP) is 3.52. The Bertz CT molecular complexity index is 619. The average Bonchev–Trinajstić information content (AvgIpc) is 2.47. The summed E-state index contributed by atoms with van der Waals surface area (Å²) in [5.74, 6) is -0.335. The van der Waals surface area contributed by atoms with Crippen molar-refractivity contribution in [2.45, 2.75) is 6.54 Å². The molecule has 1 amide bonds. The first kappa shape index (κ1) is 15.3. The zero-order valence-electron chi connectivity index (χ0n) is 11.6. The third-order valence-electron chi connectivity index (χ3n) is 2.93. The maximum Gasteiger partial charge on any atom is 0.260 e. The summed E-state index contributed by atoms with van der Waals surface area (Å²) in [7, 11) is 1.70. The third-order valence-corrected chi connectivity index (χ3v) is 3.23. The summed E-state index contributed by atoms with van der Waals surface area (Å²) in [6, 6.07) is 13.4. The van der Waals surface area contributed by atoms with E-state index in [-0.39, 0.29) is 17.5 Å². The fourth-order valence-corrected chi connectivity index (χ4v) is 2.01. The Morgan fingerprint density at radius 3 is 2.62 bits per heavy atom.